The molecular weight excluding hydrogens is 363 g/mol. The van der Waals surface area contributed by atoms with Crippen molar-refractivity contribution in [2.24, 2.45) is 0 Å². The van der Waals surface area contributed by atoms with Crippen molar-refractivity contribution in [1.82, 2.24) is 4.90 Å². The van der Waals surface area contributed by atoms with Crippen LogP contribution in [0.15, 0.2) is 65.3 Å². The van der Waals surface area contributed by atoms with Crippen LogP contribution in [0, 0.1) is 6.92 Å². The number of carbonyl (C=O) groups excluding carboxylic acids is 2. The summed E-state index contributed by atoms with van der Waals surface area (Å²) in [5, 5.41) is -3.80. The molecule has 0 unspecified atom stereocenters. The molecule has 2 aromatic rings. The van der Waals surface area contributed by atoms with E-state index >= 15 is 0 Å². The number of benzene rings is 2. The van der Waals surface area contributed by atoms with E-state index in [9.17, 15) is 22.8 Å². The minimum absolute atomic E-state index is 0.0691. The summed E-state index contributed by atoms with van der Waals surface area (Å²) in [7, 11) is 0. The number of alkyl halides is 2. The normalized spacial score (nSPS) is 14.8. The summed E-state index contributed by atoms with van der Waals surface area (Å²) < 4.78 is 42.2. The molecule has 0 aromatic heterocycles. The van der Waals surface area contributed by atoms with Gasteiger partial charge < -0.3 is 0 Å². The number of nitrogens with zero attached hydrogens (tertiary/aromatic N) is 1. The lowest BCUT2D eigenvalue weighted by Crippen LogP contribution is -2.30. The first-order valence-corrected chi connectivity index (χ1v) is 8.56. The SMILES string of the molecule is Cc1ccc(SC(F)(F)/C(F)=C/CN2C(=O)c3ccccc3C2=O)cc1. The highest BCUT2D eigenvalue weighted by molar-refractivity contribution is 8.00. The molecule has 2 amide bonds. The van der Waals surface area contributed by atoms with Crippen LogP contribution in [0.2, 0.25) is 0 Å². The number of imide groups is 1. The molecular formula is C19H14F3NO2S. The van der Waals surface area contributed by atoms with Crippen molar-refractivity contribution >= 4 is 23.6 Å². The molecule has 0 fully saturated rings. The Morgan fingerprint density at radius 3 is 2.12 bits per heavy atom. The van der Waals surface area contributed by atoms with Gasteiger partial charge >= 0.3 is 5.25 Å². The van der Waals surface area contributed by atoms with E-state index in [0.717, 1.165) is 10.5 Å². The molecule has 2 aromatic carbocycles. The molecule has 7 heteroatoms. The first kappa shape index (κ1) is 18.3. The Morgan fingerprint density at radius 2 is 1.58 bits per heavy atom. The van der Waals surface area contributed by atoms with E-state index in [1.54, 1.807) is 24.3 Å². The fourth-order valence-corrected chi connectivity index (χ4v) is 3.25. The van der Waals surface area contributed by atoms with E-state index in [1.165, 1.54) is 24.3 Å². The fourth-order valence-electron chi connectivity index (χ4n) is 2.50. The monoisotopic (exact) mass is 377 g/mol. The predicted octanol–water partition coefficient (Wildman–Crippen LogP) is 4.83. The van der Waals surface area contributed by atoms with Crippen molar-refractivity contribution in [3.63, 3.8) is 0 Å². The third-order valence-corrected chi connectivity index (χ3v) is 4.84. The van der Waals surface area contributed by atoms with E-state index in [0.29, 0.717) is 6.08 Å². The first-order valence-electron chi connectivity index (χ1n) is 7.74. The molecule has 0 spiro atoms. The van der Waals surface area contributed by atoms with Gasteiger partial charge in [-0.05, 0) is 49.0 Å². The molecule has 3 rings (SSSR count). The second kappa shape index (κ2) is 6.99. The second-order valence-electron chi connectivity index (χ2n) is 5.75. The third kappa shape index (κ3) is 3.53. The summed E-state index contributed by atoms with van der Waals surface area (Å²) in [6.07, 6.45) is 0.572. The molecule has 134 valence electrons. The highest BCUT2D eigenvalue weighted by atomic mass is 32.2. The van der Waals surface area contributed by atoms with Crippen LogP contribution in [0.25, 0.3) is 0 Å². The number of halogens is 3. The molecule has 0 bridgehead atoms. The summed E-state index contributed by atoms with van der Waals surface area (Å²) in [6, 6.07) is 12.4. The van der Waals surface area contributed by atoms with Crippen LogP contribution in [0.5, 0.6) is 0 Å². The zero-order chi connectivity index (χ0) is 18.9. The van der Waals surface area contributed by atoms with Gasteiger partial charge in [0.15, 0.2) is 5.83 Å². The van der Waals surface area contributed by atoms with E-state index in [-0.39, 0.29) is 27.8 Å². The van der Waals surface area contributed by atoms with Gasteiger partial charge in [-0.25, -0.2) is 4.39 Å². The van der Waals surface area contributed by atoms with Gasteiger partial charge in [0.05, 0.1) is 17.7 Å². The van der Waals surface area contributed by atoms with Crippen LogP contribution in [-0.2, 0) is 0 Å². The molecule has 1 heterocycles. The van der Waals surface area contributed by atoms with Crippen LogP contribution >= 0.6 is 11.8 Å². The summed E-state index contributed by atoms with van der Waals surface area (Å²) in [5.41, 5.74) is 1.28. The van der Waals surface area contributed by atoms with Gasteiger partial charge in [0.1, 0.15) is 0 Å². The Balaban J connectivity index is 1.73. The maximum absolute atomic E-state index is 14.1. The molecule has 0 saturated heterocycles. The zero-order valence-electron chi connectivity index (χ0n) is 13.7. The third-order valence-electron chi connectivity index (χ3n) is 3.88. The lowest BCUT2D eigenvalue weighted by atomic mass is 10.1. The lowest BCUT2D eigenvalue weighted by molar-refractivity contribution is 0.0667. The summed E-state index contributed by atoms with van der Waals surface area (Å²) in [4.78, 5) is 25.3. The van der Waals surface area contributed by atoms with E-state index in [2.05, 4.69) is 0 Å². The fraction of sp³-hybridized carbons (Fsp3) is 0.158. The average Bonchev–Trinajstić information content (AvgIpc) is 2.86. The lowest BCUT2D eigenvalue weighted by Gasteiger charge is -2.15. The standard InChI is InChI=1S/C19H14F3NO2S/c1-12-6-8-13(9-7-12)26-19(21,22)16(20)10-11-23-17(24)14-4-2-3-5-15(14)18(23)25/h2-10H,11H2,1H3/b16-10-. The smallest absolute Gasteiger partial charge is 0.270 e. The van der Waals surface area contributed by atoms with Crippen LogP contribution in [0.4, 0.5) is 13.2 Å². The summed E-state index contributed by atoms with van der Waals surface area (Å²) in [6.45, 7) is 1.26. The van der Waals surface area contributed by atoms with Crippen LogP contribution < -0.4 is 0 Å². The Bertz CT molecular complexity index is 859. The summed E-state index contributed by atoms with van der Waals surface area (Å²) in [5.74, 6) is -2.94. The average molecular weight is 377 g/mol. The van der Waals surface area contributed by atoms with Crippen molar-refractivity contribution < 1.29 is 22.8 Å². The molecule has 0 N–H and O–H groups in total. The van der Waals surface area contributed by atoms with E-state index < -0.39 is 29.4 Å². The Morgan fingerprint density at radius 1 is 1.04 bits per heavy atom. The number of carbonyl (C=O) groups is 2. The van der Waals surface area contributed by atoms with Crippen molar-refractivity contribution in [3.05, 3.63) is 77.1 Å². The largest absolute Gasteiger partial charge is 0.348 e. The minimum atomic E-state index is -3.80. The molecule has 0 saturated carbocycles. The molecule has 26 heavy (non-hydrogen) atoms. The van der Waals surface area contributed by atoms with Gasteiger partial charge in [-0.1, -0.05) is 29.8 Å². The van der Waals surface area contributed by atoms with Crippen LogP contribution in [0.3, 0.4) is 0 Å². The quantitative estimate of drug-likeness (QED) is 0.553. The zero-order valence-corrected chi connectivity index (χ0v) is 14.5. The highest BCUT2D eigenvalue weighted by Crippen LogP contribution is 2.42. The highest BCUT2D eigenvalue weighted by Gasteiger charge is 2.38. The summed E-state index contributed by atoms with van der Waals surface area (Å²) >= 11 is 0.0691. The number of thioether (sulfide) groups is 1. The molecule has 1 aliphatic rings. The van der Waals surface area contributed by atoms with Gasteiger partial charge in [-0.3, -0.25) is 14.5 Å². The van der Waals surface area contributed by atoms with Gasteiger partial charge in [0.2, 0.25) is 0 Å². The van der Waals surface area contributed by atoms with Crippen molar-refractivity contribution in [3.8, 4) is 0 Å². The molecule has 0 radical (unpaired) electrons. The predicted molar refractivity (Wildman–Crippen MR) is 93.0 cm³/mol. The van der Waals surface area contributed by atoms with Crippen molar-refractivity contribution in [2.75, 3.05) is 6.54 Å². The van der Waals surface area contributed by atoms with E-state index in [1.807, 2.05) is 6.92 Å². The van der Waals surface area contributed by atoms with Crippen molar-refractivity contribution in [1.29, 1.82) is 0 Å². The number of amides is 2. The number of hydrogen-bond acceptors (Lipinski definition) is 3. The molecule has 0 atom stereocenters. The Kier molecular flexibility index (Phi) is 4.91. The number of fused-ring (bicyclic) bond motifs is 1. The maximum atomic E-state index is 14.1. The van der Waals surface area contributed by atoms with Gasteiger partial charge in [0, 0.05) is 4.90 Å². The Labute approximate surface area is 152 Å². The van der Waals surface area contributed by atoms with Crippen molar-refractivity contribution in [2.45, 2.75) is 17.1 Å². The second-order valence-corrected chi connectivity index (χ2v) is 6.94. The van der Waals surface area contributed by atoms with E-state index in [4.69, 9.17) is 0 Å². The molecule has 3 nitrogen and oxygen atoms in total. The maximum Gasteiger partial charge on any atom is 0.348 e. The Hall–Kier alpha value is -2.54. The molecule has 1 aliphatic heterocycles. The number of aryl methyl sites for hydroxylation is 1. The van der Waals surface area contributed by atoms with Crippen LogP contribution in [0.1, 0.15) is 26.3 Å². The molecule has 0 aliphatic carbocycles. The van der Waals surface area contributed by atoms with Gasteiger partial charge in [0.25, 0.3) is 11.8 Å². The minimum Gasteiger partial charge on any atom is -0.270 e. The van der Waals surface area contributed by atoms with Gasteiger partial charge in [-0.15, -0.1) is 0 Å². The first-order chi connectivity index (χ1) is 12.3. The van der Waals surface area contributed by atoms with Gasteiger partial charge in [-0.2, -0.15) is 8.78 Å². The topological polar surface area (TPSA) is 37.4 Å². The number of hydrogen-bond donors (Lipinski definition) is 0. The van der Waals surface area contributed by atoms with Crippen LogP contribution in [-0.4, -0.2) is 28.5 Å². The number of rotatable bonds is 5.